The number of hydrogen-bond acceptors (Lipinski definition) is 6. The van der Waals surface area contributed by atoms with Crippen LogP contribution in [0, 0.1) is 0 Å². The van der Waals surface area contributed by atoms with Gasteiger partial charge in [-0.15, -0.1) is 0 Å². The molecule has 0 fully saturated rings. The number of benzene rings is 1. The molecule has 0 saturated carbocycles. The zero-order chi connectivity index (χ0) is 13.1. The van der Waals surface area contributed by atoms with Crippen molar-refractivity contribution in [2.24, 2.45) is 0 Å². The number of carboxylic acid groups (broad SMARTS) is 1. The van der Waals surface area contributed by atoms with Crippen LogP contribution in [0.4, 0.5) is 0 Å². The fraction of sp³-hybridized carbons (Fsp3) is 0.182. The van der Waals surface area contributed by atoms with Crippen molar-refractivity contribution in [2.75, 3.05) is 14.2 Å². The quantitative estimate of drug-likeness (QED) is 0.877. The van der Waals surface area contributed by atoms with Crippen LogP contribution >= 0.6 is 0 Å². The van der Waals surface area contributed by atoms with E-state index in [1.807, 2.05) is 0 Å². The van der Waals surface area contributed by atoms with Crippen molar-refractivity contribution in [2.45, 2.75) is 0 Å². The maximum atomic E-state index is 10.7. The fourth-order valence-corrected chi connectivity index (χ4v) is 1.48. The number of carboxylic acids is 1. The Kier molecular flexibility index (Phi) is 3.13. The maximum absolute atomic E-state index is 10.7. The Balaban J connectivity index is 2.52. The van der Waals surface area contributed by atoms with Gasteiger partial charge in [-0.2, -0.15) is 4.98 Å². The highest BCUT2D eigenvalue weighted by Crippen LogP contribution is 2.36. The molecule has 0 amide bonds. The molecular weight excluding hydrogens is 240 g/mol. The van der Waals surface area contributed by atoms with Crippen molar-refractivity contribution in [1.82, 2.24) is 10.1 Å². The molecule has 0 aliphatic carbocycles. The number of nitrogens with zero attached hydrogens (tertiary/aromatic N) is 2. The lowest BCUT2D eigenvalue weighted by molar-refractivity contribution is 0.0680. The molecule has 0 bridgehead atoms. The van der Waals surface area contributed by atoms with E-state index in [1.54, 1.807) is 18.2 Å². The predicted molar refractivity (Wildman–Crippen MR) is 59.8 cm³/mol. The standard InChI is InChI=1S/C11H10N2O5/c1-16-7-5-3-4-6(8(7)17-2)10-12-9(11(14)15)13-18-10/h3-5H,1-2H3,(H,14,15). The number of aromatic carboxylic acids is 1. The smallest absolute Gasteiger partial charge is 0.377 e. The first-order valence-electron chi connectivity index (χ1n) is 4.95. The van der Waals surface area contributed by atoms with Crippen molar-refractivity contribution in [1.29, 1.82) is 0 Å². The van der Waals surface area contributed by atoms with E-state index in [4.69, 9.17) is 19.1 Å². The Morgan fingerprint density at radius 2 is 2.11 bits per heavy atom. The lowest BCUT2D eigenvalue weighted by Crippen LogP contribution is -1.98. The van der Waals surface area contributed by atoms with E-state index < -0.39 is 11.8 Å². The van der Waals surface area contributed by atoms with Gasteiger partial charge in [0, 0.05) is 0 Å². The highest BCUT2D eigenvalue weighted by atomic mass is 16.5. The predicted octanol–water partition coefficient (Wildman–Crippen LogP) is 1.45. The van der Waals surface area contributed by atoms with Crippen molar-refractivity contribution < 1.29 is 23.9 Å². The first-order valence-corrected chi connectivity index (χ1v) is 4.95. The summed E-state index contributed by atoms with van der Waals surface area (Å²) in [5.74, 6) is -0.712. The molecule has 0 aliphatic rings. The number of ether oxygens (including phenoxy) is 2. The zero-order valence-electron chi connectivity index (χ0n) is 9.71. The van der Waals surface area contributed by atoms with Gasteiger partial charge in [-0.25, -0.2) is 4.79 Å². The summed E-state index contributed by atoms with van der Waals surface area (Å²) in [4.78, 5) is 14.4. The monoisotopic (exact) mass is 250 g/mol. The summed E-state index contributed by atoms with van der Waals surface area (Å²) in [6.45, 7) is 0. The van der Waals surface area contributed by atoms with E-state index in [0.717, 1.165) is 0 Å². The second-order valence-electron chi connectivity index (χ2n) is 3.27. The molecule has 0 unspecified atom stereocenters. The molecular formula is C11H10N2O5. The van der Waals surface area contributed by atoms with Crippen LogP contribution in [0.2, 0.25) is 0 Å². The number of rotatable bonds is 4. The fourth-order valence-electron chi connectivity index (χ4n) is 1.48. The van der Waals surface area contributed by atoms with Gasteiger partial charge >= 0.3 is 5.97 Å². The Morgan fingerprint density at radius 1 is 1.33 bits per heavy atom. The van der Waals surface area contributed by atoms with E-state index >= 15 is 0 Å². The Hall–Kier alpha value is -2.57. The van der Waals surface area contributed by atoms with Crippen LogP contribution in [-0.4, -0.2) is 35.4 Å². The van der Waals surface area contributed by atoms with Gasteiger partial charge in [-0.05, 0) is 17.3 Å². The van der Waals surface area contributed by atoms with Gasteiger partial charge in [0.05, 0.1) is 19.8 Å². The van der Waals surface area contributed by atoms with Gasteiger partial charge in [0.1, 0.15) is 0 Å². The molecule has 18 heavy (non-hydrogen) atoms. The summed E-state index contributed by atoms with van der Waals surface area (Å²) in [5.41, 5.74) is 0.469. The SMILES string of the molecule is COc1cccc(-c2nc(C(=O)O)no2)c1OC. The molecule has 1 heterocycles. The first kappa shape index (κ1) is 11.9. The Labute approximate surface area is 102 Å². The topological polar surface area (TPSA) is 94.7 Å². The second-order valence-corrected chi connectivity index (χ2v) is 3.27. The highest BCUT2D eigenvalue weighted by Gasteiger charge is 2.19. The van der Waals surface area contributed by atoms with Gasteiger partial charge in [-0.3, -0.25) is 0 Å². The van der Waals surface area contributed by atoms with Crippen molar-refractivity contribution in [3.63, 3.8) is 0 Å². The zero-order valence-corrected chi connectivity index (χ0v) is 9.71. The van der Waals surface area contributed by atoms with Crippen LogP contribution in [0.5, 0.6) is 11.5 Å². The average Bonchev–Trinajstić information content (AvgIpc) is 2.87. The molecule has 1 N–H and O–H groups in total. The third kappa shape index (κ3) is 1.97. The van der Waals surface area contributed by atoms with Gasteiger partial charge in [0.15, 0.2) is 11.5 Å². The summed E-state index contributed by atoms with van der Waals surface area (Å²) in [7, 11) is 2.97. The summed E-state index contributed by atoms with van der Waals surface area (Å²) < 4.78 is 15.2. The van der Waals surface area contributed by atoms with Gasteiger partial charge in [-0.1, -0.05) is 6.07 Å². The van der Waals surface area contributed by atoms with Gasteiger partial charge in [0.2, 0.25) is 0 Å². The lowest BCUT2D eigenvalue weighted by Gasteiger charge is -2.09. The summed E-state index contributed by atoms with van der Waals surface area (Å²) in [6, 6.07) is 5.08. The van der Waals surface area contributed by atoms with Gasteiger partial charge < -0.3 is 19.1 Å². The first-order chi connectivity index (χ1) is 8.67. The second kappa shape index (κ2) is 4.74. The normalized spacial score (nSPS) is 10.1. The minimum absolute atomic E-state index is 0.0585. The lowest BCUT2D eigenvalue weighted by atomic mass is 10.2. The van der Waals surface area contributed by atoms with Crippen LogP contribution in [0.1, 0.15) is 10.6 Å². The molecule has 7 nitrogen and oxygen atoms in total. The molecule has 7 heteroatoms. The van der Waals surface area contributed by atoms with Crippen LogP contribution in [0.25, 0.3) is 11.5 Å². The van der Waals surface area contributed by atoms with Crippen molar-refractivity contribution in [3.05, 3.63) is 24.0 Å². The van der Waals surface area contributed by atoms with Crippen LogP contribution < -0.4 is 9.47 Å². The highest BCUT2D eigenvalue weighted by molar-refractivity contribution is 5.83. The third-order valence-electron chi connectivity index (χ3n) is 2.25. The number of methoxy groups -OCH3 is 2. The van der Waals surface area contributed by atoms with E-state index in [2.05, 4.69) is 10.1 Å². The van der Waals surface area contributed by atoms with Crippen molar-refractivity contribution >= 4 is 5.97 Å². The largest absolute Gasteiger partial charge is 0.493 e. The molecule has 0 atom stereocenters. The van der Waals surface area contributed by atoms with Crippen molar-refractivity contribution in [3.8, 4) is 23.0 Å². The van der Waals surface area contributed by atoms with E-state index in [0.29, 0.717) is 17.1 Å². The molecule has 2 rings (SSSR count). The molecule has 0 spiro atoms. The molecule has 1 aromatic carbocycles. The minimum atomic E-state index is -1.26. The molecule has 94 valence electrons. The summed E-state index contributed by atoms with van der Waals surface area (Å²) >= 11 is 0. The van der Waals surface area contributed by atoms with E-state index in [9.17, 15) is 4.79 Å². The van der Waals surface area contributed by atoms with E-state index in [1.165, 1.54) is 14.2 Å². The minimum Gasteiger partial charge on any atom is -0.493 e. The number of hydrogen-bond donors (Lipinski definition) is 1. The number of aromatic nitrogens is 2. The van der Waals surface area contributed by atoms with E-state index in [-0.39, 0.29) is 5.89 Å². The third-order valence-corrected chi connectivity index (χ3v) is 2.25. The molecule has 0 radical (unpaired) electrons. The van der Waals surface area contributed by atoms with Gasteiger partial charge in [0.25, 0.3) is 11.7 Å². The number of carbonyl (C=O) groups is 1. The molecule has 1 aromatic heterocycles. The Bertz CT molecular complexity index is 579. The molecule has 0 saturated heterocycles. The van der Waals surface area contributed by atoms with Crippen LogP contribution in [0.3, 0.4) is 0 Å². The van der Waals surface area contributed by atoms with Crippen LogP contribution in [0.15, 0.2) is 22.7 Å². The maximum Gasteiger partial charge on any atom is 0.377 e. The summed E-state index contributed by atoms with van der Waals surface area (Å²) in [6.07, 6.45) is 0. The molecule has 2 aromatic rings. The Morgan fingerprint density at radius 3 is 2.67 bits per heavy atom. The average molecular weight is 250 g/mol. The summed E-state index contributed by atoms with van der Waals surface area (Å²) in [5, 5.41) is 12.1. The molecule has 0 aliphatic heterocycles. The van der Waals surface area contributed by atoms with Crippen LogP contribution in [-0.2, 0) is 0 Å². The number of para-hydroxylation sites is 1.